The number of thiophene rings is 1. The molecule has 9 aromatic carbocycles. The Morgan fingerprint density at radius 2 is 0.880 bits per heavy atom. The van der Waals surface area contributed by atoms with Gasteiger partial charge in [0.25, 0.3) is 0 Å². The lowest BCUT2D eigenvalue weighted by molar-refractivity contribution is 1.29. The molecule has 0 spiro atoms. The van der Waals surface area contributed by atoms with E-state index >= 15 is 0 Å². The molecule has 0 saturated heterocycles. The van der Waals surface area contributed by atoms with E-state index in [-0.39, 0.29) is 0 Å². The molecule has 2 heteroatoms. The SMILES string of the molecule is c1ccc(-c2ccc(N(c3ccc(-c4cccc5c4sc4ccccc45)cc3)c3ccc4c(ccc5c6ccccc6ccc45)c3)cc2)cc1. The number of nitrogens with zero attached hydrogens (tertiary/aromatic N) is 1. The zero-order chi connectivity index (χ0) is 33.0. The number of hydrogen-bond donors (Lipinski definition) is 0. The van der Waals surface area contributed by atoms with Gasteiger partial charge in [0.05, 0.1) is 0 Å². The second kappa shape index (κ2) is 11.7. The number of hydrogen-bond acceptors (Lipinski definition) is 2. The first kappa shape index (κ1) is 28.8. The molecule has 0 atom stereocenters. The highest BCUT2D eigenvalue weighted by molar-refractivity contribution is 7.26. The van der Waals surface area contributed by atoms with Crippen molar-refractivity contribution in [2.24, 2.45) is 0 Å². The standard InChI is InChI=1S/C48H31NS/c1-2-9-32(10-3-1)33-17-23-37(24-18-33)49(39-27-30-41-36(31-39)22-29-43-40-12-5-4-11-34(40)21-28-44(41)43)38-25-19-35(20-26-38)42-14-8-15-46-45-13-6-7-16-47(45)50-48(42)46/h1-31H. The van der Waals surface area contributed by atoms with Crippen LogP contribution in [0, 0.1) is 0 Å². The third kappa shape index (κ3) is 4.76. The van der Waals surface area contributed by atoms with E-state index in [1.165, 1.54) is 74.7 Å². The molecule has 0 aliphatic carbocycles. The zero-order valence-electron chi connectivity index (χ0n) is 27.3. The van der Waals surface area contributed by atoms with Crippen molar-refractivity contribution < 1.29 is 0 Å². The first-order valence-corrected chi connectivity index (χ1v) is 17.9. The molecule has 0 unspecified atom stereocenters. The third-order valence-corrected chi connectivity index (χ3v) is 11.3. The van der Waals surface area contributed by atoms with Crippen LogP contribution in [0.5, 0.6) is 0 Å². The summed E-state index contributed by atoms with van der Waals surface area (Å²) in [7, 11) is 0. The maximum absolute atomic E-state index is 2.38. The van der Waals surface area contributed by atoms with Gasteiger partial charge in [0.1, 0.15) is 0 Å². The van der Waals surface area contributed by atoms with Gasteiger partial charge in [-0.2, -0.15) is 0 Å². The van der Waals surface area contributed by atoms with Gasteiger partial charge in [0, 0.05) is 37.2 Å². The molecule has 1 heterocycles. The normalized spacial score (nSPS) is 11.6. The molecular weight excluding hydrogens is 623 g/mol. The van der Waals surface area contributed by atoms with Gasteiger partial charge in [0.2, 0.25) is 0 Å². The highest BCUT2D eigenvalue weighted by atomic mass is 32.1. The smallest absolute Gasteiger partial charge is 0.0468 e. The summed E-state index contributed by atoms with van der Waals surface area (Å²) < 4.78 is 2.67. The van der Waals surface area contributed by atoms with Crippen LogP contribution in [0.4, 0.5) is 17.1 Å². The Morgan fingerprint density at radius 3 is 1.66 bits per heavy atom. The van der Waals surface area contributed by atoms with Gasteiger partial charge in [-0.1, -0.05) is 146 Å². The Morgan fingerprint density at radius 1 is 0.320 bits per heavy atom. The van der Waals surface area contributed by atoms with Crippen molar-refractivity contribution in [3.63, 3.8) is 0 Å². The number of anilines is 3. The van der Waals surface area contributed by atoms with Crippen LogP contribution in [-0.2, 0) is 0 Å². The van der Waals surface area contributed by atoms with Crippen molar-refractivity contribution in [1.29, 1.82) is 0 Å². The Hall–Kier alpha value is -6.22. The first-order valence-electron chi connectivity index (χ1n) is 17.1. The summed E-state index contributed by atoms with van der Waals surface area (Å²) in [6, 6.07) is 68.7. The van der Waals surface area contributed by atoms with E-state index in [0.717, 1.165) is 17.1 Å². The molecule has 0 aliphatic rings. The minimum atomic E-state index is 1.12. The summed E-state index contributed by atoms with van der Waals surface area (Å²) in [6.45, 7) is 0. The molecule has 0 amide bonds. The van der Waals surface area contributed by atoms with Crippen LogP contribution in [0.1, 0.15) is 0 Å². The second-order valence-electron chi connectivity index (χ2n) is 12.9. The molecule has 10 rings (SSSR count). The highest BCUT2D eigenvalue weighted by Crippen LogP contribution is 2.42. The number of benzene rings is 9. The maximum Gasteiger partial charge on any atom is 0.0468 e. The molecule has 50 heavy (non-hydrogen) atoms. The average molecular weight is 654 g/mol. The van der Waals surface area contributed by atoms with Crippen molar-refractivity contribution >= 4 is 80.9 Å². The van der Waals surface area contributed by atoms with Crippen LogP contribution < -0.4 is 4.90 Å². The third-order valence-electron chi connectivity index (χ3n) is 10.1. The lowest BCUT2D eigenvalue weighted by Crippen LogP contribution is -2.09. The van der Waals surface area contributed by atoms with Crippen molar-refractivity contribution in [3.05, 3.63) is 188 Å². The molecule has 234 valence electrons. The van der Waals surface area contributed by atoms with Crippen molar-refractivity contribution in [3.8, 4) is 22.3 Å². The first-order chi connectivity index (χ1) is 24.8. The summed E-state index contributed by atoms with van der Waals surface area (Å²) in [5.41, 5.74) is 8.30. The van der Waals surface area contributed by atoms with E-state index in [4.69, 9.17) is 0 Å². The molecule has 10 aromatic rings. The monoisotopic (exact) mass is 653 g/mol. The zero-order valence-corrected chi connectivity index (χ0v) is 28.1. The molecule has 0 bridgehead atoms. The van der Waals surface area contributed by atoms with Gasteiger partial charge < -0.3 is 4.90 Å². The van der Waals surface area contributed by atoms with Gasteiger partial charge in [0.15, 0.2) is 0 Å². The predicted octanol–water partition coefficient (Wildman–Crippen LogP) is 14.3. The van der Waals surface area contributed by atoms with E-state index in [1.807, 2.05) is 11.3 Å². The lowest BCUT2D eigenvalue weighted by atomic mass is 9.96. The second-order valence-corrected chi connectivity index (χ2v) is 14.0. The Balaban J connectivity index is 1.10. The molecule has 1 nitrogen and oxygen atoms in total. The van der Waals surface area contributed by atoms with Crippen LogP contribution in [0.25, 0.3) is 74.7 Å². The lowest BCUT2D eigenvalue weighted by Gasteiger charge is -2.26. The van der Waals surface area contributed by atoms with E-state index in [0.29, 0.717) is 0 Å². The van der Waals surface area contributed by atoms with Gasteiger partial charge in [-0.25, -0.2) is 0 Å². The van der Waals surface area contributed by atoms with Crippen molar-refractivity contribution in [2.75, 3.05) is 4.90 Å². The molecular formula is C48H31NS. The van der Waals surface area contributed by atoms with Crippen LogP contribution in [-0.4, -0.2) is 0 Å². The quantitative estimate of drug-likeness (QED) is 0.167. The van der Waals surface area contributed by atoms with Crippen LogP contribution in [0.15, 0.2) is 188 Å². The fourth-order valence-electron chi connectivity index (χ4n) is 7.60. The summed E-state index contributed by atoms with van der Waals surface area (Å²) in [5.74, 6) is 0. The fraction of sp³-hybridized carbons (Fsp3) is 0. The van der Waals surface area contributed by atoms with Gasteiger partial charge in [-0.05, 0) is 97.0 Å². The van der Waals surface area contributed by atoms with Crippen LogP contribution >= 0.6 is 11.3 Å². The van der Waals surface area contributed by atoms with Gasteiger partial charge in [-0.15, -0.1) is 11.3 Å². The Bertz CT molecular complexity index is 2850. The molecule has 0 aliphatic heterocycles. The Kier molecular flexibility index (Phi) is 6.75. The summed E-state index contributed by atoms with van der Waals surface area (Å²) >= 11 is 1.88. The number of fused-ring (bicyclic) bond motifs is 8. The van der Waals surface area contributed by atoms with Gasteiger partial charge >= 0.3 is 0 Å². The topological polar surface area (TPSA) is 3.24 Å². The van der Waals surface area contributed by atoms with Crippen molar-refractivity contribution in [2.45, 2.75) is 0 Å². The molecule has 1 aromatic heterocycles. The Labute approximate surface area is 294 Å². The van der Waals surface area contributed by atoms with Crippen LogP contribution in [0.3, 0.4) is 0 Å². The van der Waals surface area contributed by atoms with E-state index < -0.39 is 0 Å². The van der Waals surface area contributed by atoms with E-state index in [9.17, 15) is 0 Å². The molecule has 0 fully saturated rings. The van der Waals surface area contributed by atoms with Crippen LogP contribution in [0.2, 0.25) is 0 Å². The molecule has 0 radical (unpaired) electrons. The summed E-state index contributed by atoms with van der Waals surface area (Å²) in [5, 5.41) is 10.3. The fourth-order valence-corrected chi connectivity index (χ4v) is 8.84. The number of rotatable bonds is 5. The van der Waals surface area contributed by atoms with E-state index in [2.05, 4.69) is 193 Å². The minimum Gasteiger partial charge on any atom is -0.310 e. The maximum atomic E-state index is 2.38. The largest absolute Gasteiger partial charge is 0.310 e. The van der Waals surface area contributed by atoms with Gasteiger partial charge in [-0.3, -0.25) is 0 Å². The summed E-state index contributed by atoms with van der Waals surface area (Å²) in [4.78, 5) is 2.38. The molecule has 0 N–H and O–H groups in total. The predicted molar refractivity (Wildman–Crippen MR) is 217 cm³/mol. The highest BCUT2D eigenvalue weighted by Gasteiger charge is 2.16. The summed E-state index contributed by atoms with van der Waals surface area (Å²) in [6.07, 6.45) is 0. The van der Waals surface area contributed by atoms with Crippen molar-refractivity contribution in [1.82, 2.24) is 0 Å². The molecule has 0 saturated carbocycles. The average Bonchev–Trinajstić information content (AvgIpc) is 3.58. The van der Waals surface area contributed by atoms with E-state index in [1.54, 1.807) is 0 Å². The minimum absolute atomic E-state index is 1.12.